The third-order valence-corrected chi connectivity index (χ3v) is 5.67. The minimum atomic E-state index is 0.711. The largest absolute Gasteiger partial charge is 0.369 e. The highest BCUT2D eigenvalue weighted by atomic mass is 35.5. The van der Waals surface area contributed by atoms with Gasteiger partial charge in [0.2, 0.25) is 0 Å². The third-order valence-electron chi connectivity index (χ3n) is 4.95. The molecule has 0 radical (unpaired) electrons. The fraction of sp³-hybridized carbons (Fsp3) is 0.300. The zero-order valence-corrected chi connectivity index (χ0v) is 16.8. The van der Waals surface area contributed by atoms with Gasteiger partial charge in [0.1, 0.15) is 0 Å². The van der Waals surface area contributed by atoms with Crippen LogP contribution in [0.5, 0.6) is 0 Å². The van der Waals surface area contributed by atoms with Crippen molar-refractivity contribution in [2.45, 2.75) is 6.67 Å². The molecule has 140 valence electrons. The molecule has 1 aliphatic heterocycles. The minimum absolute atomic E-state index is 0.711. The maximum Gasteiger partial charge on any atom is 0.199 e. The molecule has 0 amide bonds. The Hall–Kier alpha value is -2.15. The lowest BCUT2D eigenvalue weighted by Gasteiger charge is -2.35. The standard InChI is InChI=1S/C20H22ClN5S/c1-23-19(16-6-3-2-4-7-16)22-26(20(23)27)15-24-10-12-25(13-11-24)18-9-5-8-17(21)14-18/h2-9,14H,10-13,15H2,1H3. The highest BCUT2D eigenvalue weighted by molar-refractivity contribution is 7.71. The summed E-state index contributed by atoms with van der Waals surface area (Å²) in [6.07, 6.45) is 0. The van der Waals surface area contributed by atoms with Gasteiger partial charge >= 0.3 is 0 Å². The minimum Gasteiger partial charge on any atom is -0.369 e. The SMILES string of the molecule is Cn1c(-c2ccccc2)nn(CN2CCN(c3cccc(Cl)c3)CC2)c1=S. The molecule has 0 aliphatic carbocycles. The van der Waals surface area contributed by atoms with Gasteiger partial charge in [-0.15, -0.1) is 0 Å². The van der Waals surface area contributed by atoms with E-state index < -0.39 is 0 Å². The smallest absolute Gasteiger partial charge is 0.199 e. The molecular weight excluding hydrogens is 378 g/mol. The number of hydrogen-bond acceptors (Lipinski definition) is 4. The summed E-state index contributed by atoms with van der Waals surface area (Å²) >= 11 is 11.7. The van der Waals surface area contributed by atoms with Crippen LogP contribution >= 0.6 is 23.8 Å². The van der Waals surface area contributed by atoms with Crippen molar-refractivity contribution in [3.8, 4) is 11.4 Å². The van der Waals surface area contributed by atoms with Crippen LogP contribution < -0.4 is 4.90 Å². The van der Waals surface area contributed by atoms with Gasteiger partial charge < -0.3 is 9.47 Å². The first-order chi connectivity index (χ1) is 13.1. The number of piperazine rings is 1. The Morgan fingerprint density at radius 3 is 2.44 bits per heavy atom. The van der Waals surface area contributed by atoms with E-state index in [4.69, 9.17) is 28.9 Å². The quantitative estimate of drug-likeness (QED) is 0.619. The first-order valence-electron chi connectivity index (χ1n) is 9.04. The van der Waals surface area contributed by atoms with E-state index >= 15 is 0 Å². The number of rotatable bonds is 4. The van der Waals surface area contributed by atoms with Crippen molar-refractivity contribution >= 4 is 29.5 Å². The molecule has 2 aromatic carbocycles. The second-order valence-electron chi connectivity index (χ2n) is 6.76. The molecule has 0 unspecified atom stereocenters. The summed E-state index contributed by atoms with van der Waals surface area (Å²) in [5, 5.41) is 5.55. The summed E-state index contributed by atoms with van der Waals surface area (Å²) in [5.74, 6) is 0.901. The number of halogens is 1. The molecule has 1 fully saturated rings. The Balaban J connectivity index is 1.45. The van der Waals surface area contributed by atoms with Crippen LogP contribution in [-0.4, -0.2) is 45.4 Å². The van der Waals surface area contributed by atoms with Crippen LogP contribution in [0.25, 0.3) is 11.4 Å². The second kappa shape index (κ2) is 7.84. The zero-order chi connectivity index (χ0) is 18.8. The van der Waals surface area contributed by atoms with Crippen molar-refractivity contribution in [3.05, 3.63) is 64.4 Å². The van der Waals surface area contributed by atoms with Gasteiger partial charge in [-0.1, -0.05) is 48.0 Å². The summed E-state index contributed by atoms with van der Waals surface area (Å²) < 4.78 is 4.64. The lowest BCUT2D eigenvalue weighted by Crippen LogP contribution is -2.47. The summed E-state index contributed by atoms with van der Waals surface area (Å²) in [6, 6.07) is 18.2. The molecule has 0 N–H and O–H groups in total. The van der Waals surface area contributed by atoms with E-state index in [2.05, 4.69) is 28.0 Å². The van der Waals surface area contributed by atoms with Gasteiger partial charge in [-0.2, -0.15) is 5.10 Å². The van der Waals surface area contributed by atoms with Crippen molar-refractivity contribution in [1.82, 2.24) is 19.2 Å². The van der Waals surface area contributed by atoms with Gasteiger partial charge in [-0.05, 0) is 30.4 Å². The van der Waals surface area contributed by atoms with Gasteiger partial charge in [-0.3, -0.25) is 4.90 Å². The van der Waals surface area contributed by atoms with E-state index in [0.29, 0.717) is 6.67 Å². The van der Waals surface area contributed by atoms with Crippen LogP contribution in [0.15, 0.2) is 54.6 Å². The second-order valence-corrected chi connectivity index (χ2v) is 7.56. The molecule has 0 spiro atoms. The third kappa shape index (κ3) is 3.93. The first-order valence-corrected chi connectivity index (χ1v) is 9.82. The number of hydrogen-bond donors (Lipinski definition) is 0. The monoisotopic (exact) mass is 399 g/mol. The highest BCUT2D eigenvalue weighted by Gasteiger charge is 2.19. The average molecular weight is 400 g/mol. The van der Waals surface area contributed by atoms with E-state index in [1.807, 2.05) is 52.7 Å². The van der Waals surface area contributed by atoms with Crippen molar-refractivity contribution in [3.63, 3.8) is 0 Å². The molecule has 1 saturated heterocycles. The molecule has 1 aliphatic rings. The summed E-state index contributed by atoms with van der Waals surface area (Å²) in [5.41, 5.74) is 2.26. The molecule has 27 heavy (non-hydrogen) atoms. The lowest BCUT2D eigenvalue weighted by atomic mass is 10.2. The number of anilines is 1. The maximum absolute atomic E-state index is 6.12. The van der Waals surface area contributed by atoms with Gasteiger partial charge in [-0.25, -0.2) is 4.68 Å². The highest BCUT2D eigenvalue weighted by Crippen LogP contribution is 2.21. The van der Waals surface area contributed by atoms with Gasteiger partial charge in [0, 0.05) is 49.5 Å². The van der Waals surface area contributed by atoms with Crippen molar-refractivity contribution in [2.75, 3.05) is 31.1 Å². The van der Waals surface area contributed by atoms with Crippen LogP contribution in [0.1, 0.15) is 0 Å². The number of aromatic nitrogens is 3. The van der Waals surface area contributed by atoms with Gasteiger partial charge in [0.05, 0.1) is 6.67 Å². The molecule has 0 bridgehead atoms. The Kier molecular flexibility index (Phi) is 5.29. The predicted molar refractivity (Wildman–Crippen MR) is 113 cm³/mol. The average Bonchev–Trinajstić information content (AvgIpc) is 2.98. The summed E-state index contributed by atoms with van der Waals surface area (Å²) in [6.45, 7) is 4.57. The van der Waals surface area contributed by atoms with Crippen LogP contribution in [0.3, 0.4) is 0 Å². The number of benzene rings is 2. The van der Waals surface area contributed by atoms with E-state index in [9.17, 15) is 0 Å². The van der Waals surface area contributed by atoms with Crippen molar-refractivity contribution < 1.29 is 0 Å². The van der Waals surface area contributed by atoms with Crippen LogP contribution in [0, 0.1) is 4.77 Å². The van der Waals surface area contributed by atoms with Crippen LogP contribution in [0.2, 0.25) is 5.02 Å². The fourth-order valence-electron chi connectivity index (χ4n) is 3.43. The molecule has 7 heteroatoms. The number of nitrogens with zero attached hydrogens (tertiary/aromatic N) is 5. The van der Waals surface area contributed by atoms with Crippen LogP contribution in [0.4, 0.5) is 5.69 Å². The molecule has 4 rings (SSSR count). The van der Waals surface area contributed by atoms with Gasteiger partial charge in [0.15, 0.2) is 10.6 Å². The Morgan fingerprint density at radius 2 is 1.74 bits per heavy atom. The van der Waals surface area contributed by atoms with E-state index in [1.54, 1.807) is 0 Å². The predicted octanol–water partition coefficient (Wildman–Crippen LogP) is 4.05. The molecular formula is C20H22ClN5S. The van der Waals surface area contributed by atoms with E-state index in [0.717, 1.165) is 47.4 Å². The molecule has 2 heterocycles. The molecule has 5 nitrogen and oxygen atoms in total. The Labute approximate surface area is 169 Å². The van der Waals surface area contributed by atoms with Gasteiger partial charge in [0.25, 0.3) is 0 Å². The first kappa shape index (κ1) is 18.2. The summed E-state index contributed by atoms with van der Waals surface area (Å²) in [7, 11) is 1.98. The molecule has 1 aromatic heterocycles. The Morgan fingerprint density at radius 1 is 1.00 bits per heavy atom. The molecule has 0 saturated carbocycles. The topological polar surface area (TPSA) is 29.2 Å². The van der Waals surface area contributed by atoms with Crippen molar-refractivity contribution in [1.29, 1.82) is 0 Å². The zero-order valence-electron chi connectivity index (χ0n) is 15.3. The van der Waals surface area contributed by atoms with E-state index in [1.165, 1.54) is 5.69 Å². The van der Waals surface area contributed by atoms with Crippen LogP contribution in [-0.2, 0) is 13.7 Å². The molecule has 0 atom stereocenters. The molecule has 3 aromatic rings. The lowest BCUT2D eigenvalue weighted by molar-refractivity contribution is 0.194. The fourth-order valence-corrected chi connectivity index (χ4v) is 3.80. The van der Waals surface area contributed by atoms with E-state index in [-0.39, 0.29) is 0 Å². The maximum atomic E-state index is 6.12. The summed E-state index contributed by atoms with van der Waals surface area (Å²) in [4.78, 5) is 4.76. The normalized spacial score (nSPS) is 15.3. The van der Waals surface area contributed by atoms with Crippen molar-refractivity contribution in [2.24, 2.45) is 7.05 Å². The Bertz CT molecular complexity index is 974.